The first kappa shape index (κ1) is 20.5. The van der Waals surface area contributed by atoms with Crippen molar-refractivity contribution in [3.63, 3.8) is 0 Å². The molecule has 0 unspecified atom stereocenters. The molecule has 0 aliphatic heterocycles. The number of hydrogen-bond acceptors (Lipinski definition) is 6. The molecule has 8 nitrogen and oxygen atoms in total. The van der Waals surface area contributed by atoms with Crippen LogP contribution in [-0.2, 0) is 6.54 Å². The topological polar surface area (TPSA) is 113 Å². The van der Waals surface area contributed by atoms with Crippen molar-refractivity contribution in [1.82, 2.24) is 25.5 Å². The van der Waals surface area contributed by atoms with Crippen molar-refractivity contribution in [3.05, 3.63) is 69.1 Å². The maximum atomic E-state index is 12.5. The Labute approximate surface area is 172 Å². The number of aromatic nitrogens is 4. The van der Waals surface area contributed by atoms with Crippen LogP contribution in [0.1, 0.15) is 35.7 Å². The molecule has 0 bridgehead atoms. The first-order chi connectivity index (χ1) is 14.1. The van der Waals surface area contributed by atoms with E-state index in [-0.39, 0.29) is 12.1 Å². The van der Waals surface area contributed by atoms with Gasteiger partial charge in [-0.3, -0.25) is 9.59 Å². The number of nitrogens with one attached hydrogen (secondary N) is 3. The average molecular weight is 413 g/mol. The number of benzene rings is 1. The molecule has 1 amide bonds. The fourth-order valence-electron chi connectivity index (χ4n) is 2.55. The minimum atomic E-state index is -0.572. The second-order valence-corrected chi connectivity index (χ2v) is 6.79. The molecular weight excluding hydrogens is 392 g/mol. The number of aromatic amines is 1. The molecule has 0 radical (unpaired) electrons. The quantitative estimate of drug-likeness (QED) is 0.490. The van der Waals surface area contributed by atoms with Gasteiger partial charge in [0.05, 0.1) is 5.69 Å². The number of carbonyl (C=O) groups excluding carboxylic acids is 1. The molecule has 29 heavy (non-hydrogen) atoms. The van der Waals surface area contributed by atoms with Gasteiger partial charge in [0.1, 0.15) is 11.3 Å². The van der Waals surface area contributed by atoms with Crippen molar-refractivity contribution in [2.75, 3.05) is 11.9 Å². The fourth-order valence-corrected chi connectivity index (χ4v) is 2.67. The van der Waals surface area contributed by atoms with E-state index >= 15 is 0 Å². The van der Waals surface area contributed by atoms with Gasteiger partial charge in [0, 0.05) is 24.3 Å². The molecule has 0 aliphatic carbocycles. The van der Waals surface area contributed by atoms with Crippen LogP contribution in [0.4, 0.5) is 5.95 Å². The molecule has 0 saturated heterocycles. The third-order valence-corrected chi connectivity index (χ3v) is 4.40. The molecule has 150 valence electrons. The van der Waals surface area contributed by atoms with Gasteiger partial charge >= 0.3 is 0 Å². The van der Waals surface area contributed by atoms with Crippen LogP contribution in [0.3, 0.4) is 0 Å². The summed E-state index contributed by atoms with van der Waals surface area (Å²) < 4.78 is 0. The Morgan fingerprint density at radius 1 is 1.17 bits per heavy atom. The zero-order valence-corrected chi connectivity index (χ0v) is 16.7. The molecule has 1 aromatic carbocycles. The van der Waals surface area contributed by atoms with E-state index < -0.39 is 11.5 Å². The molecule has 2 heterocycles. The van der Waals surface area contributed by atoms with E-state index in [9.17, 15) is 9.59 Å². The van der Waals surface area contributed by atoms with Gasteiger partial charge in [-0.1, -0.05) is 37.1 Å². The highest BCUT2D eigenvalue weighted by Gasteiger charge is 2.14. The first-order valence-corrected chi connectivity index (χ1v) is 9.64. The molecular formula is C20H21ClN6O2. The smallest absolute Gasteiger partial charge is 0.277 e. The Hall–Kier alpha value is -3.26. The van der Waals surface area contributed by atoms with Gasteiger partial charge in [0.2, 0.25) is 5.95 Å². The summed E-state index contributed by atoms with van der Waals surface area (Å²) in [6, 6.07) is 10.2. The average Bonchev–Trinajstić information content (AvgIpc) is 2.74. The summed E-state index contributed by atoms with van der Waals surface area (Å²) in [4.78, 5) is 33.2. The number of rotatable bonds is 8. The number of hydrogen-bond donors (Lipinski definition) is 3. The number of amides is 1. The summed E-state index contributed by atoms with van der Waals surface area (Å²) in [5.41, 5.74) is 1.14. The summed E-state index contributed by atoms with van der Waals surface area (Å²) in [5.74, 6) is -0.0297. The molecule has 0 spiro atoms. The van der Waals surface area contributed by atoms with Crippen LogP contribution in [0, 0.1) is 0 Å². The summed E-state index contributed by atoms with van der Waals surface area (Å²) >= 11 is 5.86. The lowest BCUT2D eigenvalue weighted by atomic mass is 10.2. The molecule has 9 heteroatoms. The summed E-state index contributed by atoms with van der Waals surface area (Å²) in [6.45, 7) is 3.13. The highest BCUT2D eigenvalue weighted by atomic mass is 35.5. The van der Waals surface area contributed by atoms with E-state index in [1.54, 1.807) is 36.5 Å². The standard InChI is InChI=1S/C20H21ClN6O2/c1-2-3-9-22-20-23-10-8-16(25-20)17-11-15(19(29)27-26-17)18(28)24-12-13-4-6-14(21)7-5-13/h4-8,10-11H,2-3,9,12H2,1H3,(H,24,28)(H,27,29)(H,22,23,25). The maximum absolute atomic E-state index is 12.5. The van der Waals surface area contributed by atoms with Crippen molar-refractivity contribution in [2.45, 2.75) is 26.3 Å². The van der Waals surface area contributed by atoms with Gasteiger partial charge in [-0.15, -0.1) is 0 Å². The van der Waals surface area contributed by atoms with E-state index in [1.165, 1.54) is 6.07 Å². The number of carbonyl (C=O) groups is 1. The number of anilines is 1. The molecule has 3 aromatic rings. The highest BCUT2D eigenvalue weighted by Crippen LogP contribution is 2.15. The molecule has 0 saturated carbocycles. The predicted molar refractivity (Wildman–Crippen MR) is 112 cm³/mol. The molecule has 0 aliphatic rings. The van der Waals surface area contributed by atoms with Crippen LogP contribution in [-0.4, -0.2) is 32.6 Å². The van der Waals surface area contributed by atoms with Crippen LogP contribution >= 0.6 is 11.6 Å². The monoisotopic (exact) mass is 412 g/mol. The van der Waals surface area contributed by atoms with Gasteiger partial charge in [-0.2, -0.15) is 5.10 Å². The third kappa shape index (κ3) is 5.61. The van der Waals surface area contributed by atoms with E-state index in [2.05, 4.69) is 37.7 Å². The molecule has 0 atom stereocenters. The van der Waals surface area contributed by atoms with Crippen LogP contribution in [0.2, 0.25) is 5.02 Å². The molecule has 3 N–H and O–H groups in total. The van der Waals surface area contributed by atoms with Gasteiger partial charge in [-0.05, 0) is 36.2 Å². The van der Waals surface area contributed by atoms with Crippen molar-refractivity contribution >= 4 is 23.5 Å². The molecule has 2 aromatic heterocycles. The number of H-pyrrole nitrogens is 1. The van der Waals surface area contributed by atoms with Crippen LogP contribution in [0.15, 0.2) is 47.4 Å². The van der Waals surface area contributed by atoms with E-state index in [4.69, 9.17) is 11.6 Å². The molecule has 0 fully saturated rings. The lowest BCUT2D eigenvalue weighted by molar-refractivity contribution is 0.0949. The second-order valence-electron chi connectivity index (χ2n) is 6.35. The van der Waals surface area contributed by atoms with Gasteiger partial charge in [-0.25, -0.2) is 15.1 Å². The Balaban J connectivity index is 1.75. The van der Waals surface area contributed by atoms with Crippen molar-refractivity contribution in [2.24, 2.45) is 0 Å². The Bertz CT molecular complexity index is 1040. The Morgan fingerprint density at radius 2 is 1.97 bits per heavy atom. The number of halogens is 1. The van der Waals surface area contributed by atoms with Crippen LogP contribution in [0.25, 0.3) is 11.4 Å². The minimum absolute atomic E-state index is 0.0388. The highest BCUT2D eigenvalue weighted by molar-refractivity contribution is 6.30. The van der Waals surface area contributed by atoms with Crippen LogP contribution in [0.5, 0.6) is 0 Å². The first-order valence-electron chi connectivity index (χ1n) is 9.26. The van der Waals surface area contributed by atoms with Crippen molar-refractivity contribution in [3.8, 4) is 11.4 Å². The van der Waals surface area contributed by atoms with Gasteiger partial charge in [0.25, 0.3) is 11.5 Å². The lowest BCUT2D eigenvalue weighted by Crippen LogP contribution is -2.29. The van der Waals surface area contributed by atoms with E-state index in [0.717, 1.165) is 24.9 Å². The van der Waals surface area contributed by atoms with E-state index in [1.807, 2.05) is 0 Å². The lowest BCUT2D eigenvalue weighted by Gasteiger charge is -2.07. The summed E-state index contributed by atoms with van der Waals surface area (Å²) in [7, 11) is 0. The SMILES string of the molecule is CCCCNc1nccc(-c2cc(C(=O)NCc3ccc(Cl)cc3)c(=O)[nH]n2)n1. The predicted octanol–water partition coefficient (Wildman–Crippen LogP) is 3.02. The summed E-state index contributed by atoms with van der Waals surface area (Å²) in [6.07, 6.45) is 3.66. The number of unbranched alkanes of at least 4 members (excludes halogenated alkanes) is 1. The van der Waals surface area contributed by atoms with Gasteiger partial charge in [0.15, 0.2) is 0 Å². The van der Waals surface area contributed by atoms with Crippen molar-refractivity contribution in [1.29, 1.82) is 0 Å². The Kier molecular flexibility index (Phi) is 6.91. The zero-order chi connectivity index (χ0) is 20.6. The summed E-state index contributed by atoms with van der Waals surface area (Å²) in [5, 5.41) is 12.8. The van der Waals surface area contributed by atoms with E-state index in [0.29, 0.717) is 22.4 Å². The maximum Gasteiger partial charge on any atom is 0.277 e. The zero-order valence-electron chi connectivity index (χ0n) is 15.9. The molecule has 3 rings (SSSR count). The second kappa shape index (κ2) is 9.79. The Morgan fingerprint density at radius 3 is 2.72 bits per heavy atom. The largest absolute Gasteiger partial charge is 0.354 e. The van der Waals surface area contributed by atoms with Crippen molar-refractivity contribution < 1.29 is 4.79 Å². The normalized spacial score (nSPS) is 10.6. The third-order valence-electron chi connectivity index (χ3n) is 4.15. The fraction of sp³-hybridized carbons (Fsp3) is 0.250. The van der Waals surface area contributed by atoms with Crippen LogP contribution < -0.4 is 16.2 Å². The van der Waals surface area contributed by atoms with Gasteiger partial charge < -0.3 is 10.6 Å². The number of nitrogens with zero attached hydrogens (tertiary/aromatic N) is 3. The minimum Gasteiger partial charge on any atom is -0.354 e.